The number of hydrogen-bond acceptors (Lipinski definition) is 3. The van der Waals surface area contributed by atoms with Crippen LogP contribution in [0.1, 0.15) is 13.8 Å². The Morgan fingerprint density at radius 2 is 1.33 bits per heavy atom. The molecule has 1 aliphatic rings. The Morgan fingerprint density at radius 1 is 1.00 bits per heavy atom. The van der Waals surface area contributed by atoms with Crippen molar-refractivity contribution in [3.63, 3.8) is 0 Å². The van der Waals surface area contributed by atoms with Gasteiger partial charge in [0.2, 0.25) is 0 Å². The molecule has 74 valence electrons. The second-order valence-electron chi connectivity index (χ2n) is 3.08. The average molecular weight is 189 g/mol. The maximum Gasteiger partial charge on any atom is 0.105 e. The van der Waals surface area contributed by atoms with E-state index in [9.17, 15) is 0 Å². The number of nitrogens with one attached hydrogen (secondary N) is 2. The molecule has 0 bridgehead atoms. The second-order valence-corrected chi connectivity index (χ2v) is 6.23. The first-order valence-electron chi connectivity index (χ1n) is 4.98. The third-order valence-electron chi connectivity index (χ3n) is 2.01. The van der Waals surface area contributed by atoms with Gasteiger partial charge >= 0.3 is 0 Å². The van der Waals surface area contributed by atoms with Crippen LogP contribution in [0.3, 0.4) is 0 Å². The molecular weight excluding hydrogens is 166 g/mol. The van der Waals surface area contributed by atoms with Gasteiger partial charge in [-0.1, -0.05) is 25.9 Å². The Labute approximate surface area is 77.8 Å². The van der Waals surface area contributed by atoms with Gasteiger partial charge < -0.3 is 16.0 Å². The molecule has 0 aromatic carbocycles. The highest BCUT2D eigenvalue weighted by atomic mass is 28.3. The lowest BCUT2D eigenvalue weighted by Gasteiger charge is -2.11. The maximum atomic E-state index is 5.61. The standard InChI is InChI=1S/C4H10N2.C4H13NSi/c1-2-6-4-3-5-1;1-3-6(5)4-2/h5-6H,1-4H2;6H,3-5H2,1-2H3. The lowest BCUT2D eigenvalue weighted by Crippen LogP contribution is -2.39. The van der Waals surface area contributed by atoms with Crippen LogP contribution in [0, 0.1) is 0 Å². The largest absolute Gasteiger partial charge is 0.353 e. The lowest BCUT2D eigenvalue weighted by atomic mass is 10.4. The van der Waals surface area contributed by atoms with Gasteiger partial charge in [0.1, 0.15) is 8.96 Å². The minimum Gasteiger partial charge on any atom is -0.353 e. The maximum absolute atomic E-state index is 5.61. The molecule has 0 aliphatic carbocycles. The third-order valence-corrected chi connectivity index (χ3v) is 4.10. The van der Waals surface area contributed by atoms with Crippen LogP contribution >= 0.6 is 0 Å². The van der Waals surface area contributed by atoms with Crippen molar-refractivity contribution in [2.24, 2.45) is 5.40 Å². The van der Waals surface area contributed by atoms with E-state index < -0.39 is 8.96 Å². The summed E-state index contributed by atoms with van der Waals surface area (Å²) in [5.74, 6) is 0. The van der Waals surface area contributed by atoms with E-state index in [2.05, 4.69) is 24.5 Å². The zero-order chi connectivity index (χ0) is 9.23. The Balaban J connectivity index is 0.000000202. The summed E-state index contributed by atoms with van der Waals surface area (Å²) in [6.45, 7) is 8.89. The first kappa shape index (κ1) is 12.1. The summed E-state index contributed by atoms with van der Waals surface area (Å²) in [6.07, 6.45) is 0. The molecule has 0 amide bonds. The van der Waals surface area contributed by atoms with Crippen molar-refractivity contribution in [1.82, 2.24) is 10.6 Å². The predicted octanol–water partition coefficient (Wildman–Crippen LogP) is -0.112. The van der Waals surface area contributed by atoms with Crippen molar-refractivity contribution in [3.05, 3.63) is 0 Å². The molecule has 0 spiro atoms. The fraction of sp³-hybridized carbons (Fsp3) is 1.00. The molecule has 0 saturated carbocycles. The molecule has 3 nitrogen and oxygen atoms in total. The molecule has 0 unspecified atom stereocenters. The first-order chi connectivity index (χ1) is 5.81. The van der Waals surface area contributed by atoms with E-state index in [0.717, 1.165) is 26.2 Å². The normalized spacial score (nSPS) is 17.0. The zero-order valence-corrected chi connectivity index (χ0v) is 9.55. The average Bonchev–Trinajstić information content (AvgIpc) is 2.20. The van der Waals surface area contributed by atoms with E-state index in [1.165, 1.54) is 12.1 Å². The van der Waals surface area contributed by atoms with E-state index in [1.54, 1.807) is 0 Å². The molecule has 0 radical (unpaired) electrons. The molecule has 0 atom stereocenters. The van der Waals surface area contributed by atoms with Crippen LogP contribution in [0.25, 0.3) is 0 Å². The Morgan fingerprint density at radius 3 is 1.42 bits per heavy atom. The van der Waals surface area contributed by atoms with Gasteiger partial charge in [-0.3, -0.25) is 0 Å². The third kappa shape index (κ3) is 8.20. The number of piperazine rings is 1. The van der Waals surface area contributed by atoms with Crippen molar-refractivity contribution in [2.75, 3.05) is 26.2 Å². The van der Waals surface area contributed by atoms with Gasteiger partial charge in [-0.15, -0.1) is 0 Å². The Kier molecular flexibility index (Phi) is 9.26. The van der Waals surface area contributed by atoms with Crippen molar-refractivity contribution in [1.29, 1.82) is 0 Å². The number of hydrogen-bond donors (Lipinski definition) is 3. The molecule has 1 heterocycles. The van der Waals surface area contributed by atoms with Gasteiger partial charge in [0.05, 0.1) is 0 Å². The van der Waals surface area contributed by atoms with Gasteiger partial charge in [-0.25, -0.2) is 0 Å². The summed E-state index contributed by atoms with van der Waals surface area (Å²) in [4.78, 5) is 0. The minimum absolute atomic E-state index is 0.660. The van der Waals surface area contributed by atoms with Crippen molar-refractivity contribution < 1.29 is 0 Å². The fourth-order valence-corrected chi connectivity index (χ4v) is 1.47. The molecule has 0 aromatic rings. The van der Waals surface area contributed by atoms with Crippen LogP contribution in [0.5, 0.6) is 0 Å². The molecule has 12 heavy (non-hydrogen) atoms. The highest BCUT2D eigenvalue weighted by Crippen LogP contribution is 1.86. The summed E-state index contributed by atoms with van der Waals surface area (Å²) in [6, 6.07) is 2.49. The van der Waals surface area contributed by atoms with E-state index in [0.29, 0.717) is 0 Å². The van der Waals surface area contributed by atoms with E-state index in [1.807, 2.05) is 0 Å². The molecule has 4 heteroatoms. The molecule has 1 saturated heterocycles. The molecule has 0 aromatic heterocycles. The van der Waals surface area contributed by atoms with Gasteiger partial charge in [0, 0.05) is 26.2 Å². The van der Waals surface area contributed by atoms with Gasteiger partial charge in [0.15, 0.2) is 0 Å². The van der Waals surface area contributed by atoms with Gasteiger partial charge in [-0.05, 0) is 0 Å². The fourth-order valence-electron chi connectivity index (χ4n) is 0.892. The number of nitrogens with two attached hydrogens (primary N) is 1. The monoisotopic (exact) mass is 189 g/mol. The second kappa shape index (κ2) is 9.19. The van der Waals surface area contributed by atoms with Crippen molar-refractivity contribution in [2.45, 2.75) is 25.9 Å². The molecular formula is C8H23N3Si. The van der Waals surface area contributed by atoms with Crippen molar-refractivity contribution >= 4 is 8.96 Å². The summed E-state index contributed by atoms with van der Waals surface area (Å²) >= 11 is 0. The highest BCUT2D eigenvalue weighted by Gasteiger charge is 1.92. The first-order valence-corrected chi connectivity index (χ1v) is 7.28. The summed E-state index contributed by atoms with van der Waals surface area (Å²) in [7, 11) is -0.660. The SMILES string of the molecule is C1CNCCN1.CC[SiH](N)CC. The highest BCUT2D eigenvalue weighted by molar-refractivity contribution is 6.54. The molecule has 1 aliphatic heterocycles. The quantitative estimate of drug-likeness (QED) is 0.531. The molecule has 1 fully saturated rings. The zero-order valence-electron chi connectivity index (χ0n) is 8.40. The van der Waals surface area contributed by atoms with Gasteiger partial charge in [0.25, 0.3) is 0 Å². The van der Waals surface area contributed by atoms with Crippen molar-refractivity contribution in [3.8, 4) is 0 Å². The Bertz CT molecular complexity index is 70.9. The van der Waals surface area contributed by atoms with E-state index in [-0.39, 0.29) is 0 Å². The topological polar surface area (TPSA) is 50.1 Å². The Hall–Kier alpha value is 0.0969. The predicted molar refractivity (Wildman–Crippen MR) is 58.0 cm³/mol. The summed E-state index contributed by atoms with van der Waals surface area (Å²) < 4.78 is 0. The van der Waals surface area contributed by atoms with Gasteiger partial charge in [-0.2, -0.15) is 0 Å². The van der Waals surface area contributed by atoms with Crippen LogP contribution in [0.2, 0.25) is 12.1 Å². The smallest absolute Gasteiger partial charge is 0.105 e. The molecule has 4 N–H and O–H groups in total. The lowest BCUT2D eigenvalue weighted by molar-refractivity contribution is 0.534. The van der Waals surface area contributed by atoms with Crippen LogP contribution in [-0.4, -0.2) is 35.1 Å². The van der Waals surface area contributed by atoms with E-state index in [4.69, 9.17) is 5.40 Å². The minimum atomic E-state index is -0.660. The molecule has 1 rings (SSSR count). The summed E-state index contributed by atoms with van der Waals surface area (Å²) in [5.41, 5.74) is 0. The number of rotatable bonds is 2. The van der Waals surface area contributed by atoms with Crippen LogP contribution < -0.4 is 16.0 Å². The van der Waals surface area contributed by atoms with E-state index >= 15 is 0 Å². The van der Waals surface area contributed by atoms with Crippen LogP contribution in [0.15, 0.2) is 0 Å². The van der Waals surface area contributed by atoms with Crippen LogP contribution in [-0.2, 0) is 0 Å². The summed E-state index contributed by atoms with van der Waals surface area (Å²) in [5, 5.41) is 12.1. The van der Waals surface area contributed by atoms with Crippen LogP contribution in [0.4, 0.5) is 0 Å².